The molecule has 0 spiro atoms. The van der Waals surface area contributed by atoms with Crippen molar-refractivity contribution >= 4 is 46.8 Å². The lowest BCUT2D eigenvalue weighted by Gasteiger charge is -2.25. The first-order valence-electron chi connectivity index (χ1n) is 8.26. The van der Waals surface area contributed by atoms with E-state index in [1.807, 2.05) is 20.8 Å². The summed E-state index contributed by atoms with van der Waals surface area (Å²) in [6.07, 6.45) is 2.24. The van der Waals surface area contributed by atoms with E-state index in [0.717, 1.165) is 6.42 Å². The molecule has 0 aliphatic carbocycles. The Bertz CT molecular complexity index is 779. The minimum atomic E-state index is -0.549. The maximum Gasteiger partial charge on any atom is 0.265 e. The van der Waals surface area contributed by atoms with Crippen LogP contribution in [0.1, 0.15) is 32.8 Å². The summed E-state index contributed by atoms with van der Waals surface area (Å²) in [5.41, 5.74) is 0.518. The Morgan fingerprint density at radius 3 is 2.65 bits per heavy atom. The van der Waals surface area contributed by atoms with Gasteiger partial charge in [-0.05, 0) is 56.3 Å². The molecule has 1 aromatic carbocycles. The highest BCUT2D eigenvalue weighted by Gasteiger charge is 2.30. The fourth-order valence-electron chi connectivity index (χ4n) is 2.25. The minimum absolute atomic E-state index is 0.0312. The lowest BCUT2D eigenvalue weighted by atomic mass is 10.1. The number of nitrogens with zero attached hydrogens (tertiary/aromatic N) is 1. The van der Waals surface area contributed by atoms with Crippen LogP contribution in [0.4, 0.5) is 0 Å². The number of rotatable bonds is 6. The van der Waals surface area contributed by atoms with Gasteiger partial charge in [0.15, 0.2) is 16.6 Å². The van der Waals surface area contributed by atoms with Crippen LogP contribution in [0, 0.1) is 0 Å². The van der Waals surface area contributed by atoms with E-state index in [1.165, 1.54) is 18.0 Å². The first-order valence-corrected chi connectivity index (χ1v) is 9.05. The van der Waals surface area contributed by atoms with Crippen LogP contribution >= 0.6 is 23.8 Å². The van der Waals surface area contributed by atoms with E-state index >= 15 is 0 Å². The van der Waals surface area contributed by atoms with E-state index in [1.54, 1.807) is 12.1 Å². The quantitative estimate of drug-likeness (QED) is 0.454. The van der Waals surface area contributed by atoms with Crippen LogP contribution in [0.15, 0.2) is 17.7 Å². The molecule has 1 fully saturated rings. The van der Waals surface area contributed by atoms with Crippen molar-refractivity contribution in [2.24, 2.45) is 0 Å². The first kappa shape index (κ1) is 20.2. The molecule has 1 aliphatic heterocycles. The highest BCUT2D eigenvalue weighted by Crippen LogP contribution is 2.38. The predicted molar refractivity (Wildman–Crippen MR) is 104 cm³/mol. The molecular formula is C18H21ClN2O4S. The number of carbonyl (C=O) groups excluding carboxylic acids is 2. The summed E-state index contributed by atoms with van der Waals surface area (Å²) >= 11 is 11.3. The Morgan fingerprint density at radius 2 is 2.04 bits per heavy atom. The molecule has 1 heterocycles. The van der Waals surface area contributed by atoms with Crippen molar-refractivity contribution in [1.29, 1.82) is 0 Å². The van der Waals surface area contributed by atoms with Crippen molar-refractivity contribution in [2.45, 2.75) is 33.3 Å². The van der Waals surface area contributed by atoms with Crippen molar-refractivity contribution in [1.82, 2.24) is 10.2 Å². The number of thiocarbonyl (C=S) groups is 1. The zero-order valence-electron chi connectivity index (χ0n) is 15.1. The van der Waals surface area contributed by atoms with Gasteiger partial charge in [0, 0.05) is 7.05 Å². The van der Waals surface area contributed by atoms with Gasteiger partial charge in [0.1, 0.15) is 5.57 Å². The predicted octanol–water partition coefficient (Wildman–Crippen LogP) is 3.17. The van der Waals surface area contributed by atoms with Crippen molar-refractivity contribution in [3.05, 3.63) is 28.3 Å². The van der Waals surface area contributed by atoms with Crippen LogP contribution in [0.25, 0.3) is 6.08 Å². The van der Waals surface area contributed by atoms with E-state index in [0.29, 0.717) is 28.7 Å². The van der Waals surface area contributed by atoms with E-state index in [4.69, 9.17) is 33.3 Å². The summed E-state index contributed by atoms with van der Waals surface area (Å²) < 4.78 is 11.5. The van der Waals surface area contributed by atoms with Crippen LogP contribution in [0.2, 0.25) is 5.02 Å². The number of hydrogen-bond acceptors (Lipinski definition) is 5. The molecule has 0 unspecified atom stereocenters. The van der Waals surface area contributed by atoms with E-state index in [9.17, 15) is 9.59 Å². The minimum Gasteiger partial charge on any atom is -0.490 e. The van der Waals surface area contributed by atoms with Gasteiger partial charge in [-0.3, -0.25) is 19.8 Å². The molecule has 140 valence electrons. The van der Waals surface area contributed by atoms with Crippen LogP contribution in [0.3, 0.4) is 0 Å². The third-order valence-electron chi connectivity index (χ3n) is 3.84. The van der Waals surface area contributed by atoms with Crippen LogP contribution in [-0.2, 0) is 9.59 Å². The highest BCUT2D eigenvalue weighted by molar-refractivity contribution is 7.80. The molecule has 26 heavy (non-hydrogen) atoms. The molecule has 6 nitrogen and oxygen atoms in total. The van der Waals surface area contributed by atoms with Gasteiger partial charge in [-0.2, -0.15) is 0 Å². The second-order valence-electron chi connectivity index (χ2n) is 5.78. The Kier molecular flexibility index (Phi) is 6.61. The summed E-state index contributed by atoms with van der Waals surface area (Å²) in [6, 6.07) is 3.32. The van der Waals surface area contributed by atoms with E-state index in [-0.39, 0.29) is 16.8 Å². The highest BCUT2D eigenvalue weighted by atomic mass is 35.5. The first-order chi connectivity index (χ1) is 12.3. The second kappa shape index (κ2) is 8.51. The van der Waals surface area contributed by atoms with Crippen molar-refractivity contribution in [3.63, 3.8) is 0 Å². The van der Waals surface area contributed by atoms with Gasteiger partial charge in [0.05, 0.1) is 17.7 Å². The number of amides is 2. The maximum atomic E-state index is 12.3. The Labute approximate surface area is 163 Å². The number of halogens is 1. The molecule has 2 rings (SSSR count). The van der Waals surface area contributed by atoms with E-state index < -0.39 is 11.8 Å². The number of benzene rings is 1. The van der Waals surface area contributed by atoms with Crippen LogP contribution < -0.4 is 14.8 Å². The largest absolute Gasteiger partial charge is 0.490 e. The summed E-state index contributed by atoms with van der Waals surface area (Å²) in [4.78, 5) is 25.6. The number of carbonyl (C=O) groups is 2. The fraction of sp³-hybridized carbons (Fsp3) is 0.389. The molecule has 0 aromatic heterocycles. The lowest BCUT2D eigenvalue weighted by Crippen LogP contribution is -2.52. The molecule has 2 amide bonds. The zero-order valence-corrected chi connectivity index (χ0v) is 16.7. The van der Waals surface area contributed by atoms with Gasteiger partial charge >= 0.3 is 0 Å². The van der Waals surface area contributed by atoms with Crippen molar-refractivity contribution in [3.8, 4) is 11.5 Å². The Hall–Kier alpha value is -2.12. The summed E-state index contributed by atoms with van der Waals surface area (Å²) in [5, 5.41) is 2.88. The molecule has 8 heteroatoms. The Morgan fingerprint density at radius 1 is 1.35 bits per heavy atom. The van der Waals surface area contributed by atoms with Crippen LogP contribution in [-0.4, -0.2) is 41.6 Å². The molecule has 1 aromatic rings. The zero-order chi connectivity index (χ0) is 19.4. The van der Waals surface area contributed by atoms with Crippen LogP contribution in [0.5, 0.6) is 11.5 Å². The SMILES string of the molecule is CCOc1cc(/C=C2\C(=O)NC(=S)N(C)C2=O)cc(Cl)c1O[C@@H](C)CC. The smallest absolute Gasteiger partial charge is 0.265 e. The summed E-state index contributed by atoms with van der Waals surface area (Å²) in [6.45, 7) is 6.21. The number of hydrogen-bond donors (Lipinski definition) is 1. The molecular weight excluding hydrogens is 376 g/mol. The van der Waals surface area contributed by atoms with Gasteiger partial charge in [-0.1, -0.05) is 18.5 Å². The van der Waals surface area contributed by atoms with Gasteiger partial charge in [-0.15, -0.1) is 0 Å². The summed E-state index contributed by atoms with van der Waals surface area (Å²) in [5.74, 6) is -0.123. The van der Waals surface area contributed by atoms with Gasteiger partial charge in [0.2, 0.25) is 0 Å². The molecule has 0 radical (unpaired) electrons. The average Bonchev–Trinajstić information content (AvgIpc) is 2.59. The lowest BCUT2D eigenvalue weighted by molar-refractivity contribution is -0.128. The normalized spacial score (nSPS) is 17.3. The van der Waals surface area contributed by atoms with E-state index in [2.05, 4.69) is 5.32 Å². The standard InChI is InChI=1S/C18H21ClN2O4S/c1-5-10(3)25-15-13(19)8-11(9-14(15)24-6-2)7-12-16(22)20-18(26)21(4)17(12)23/h7-10H,5-6H2,1-4H3,(H,20,22,26)/b12-7+/t10-/m0/s1. The van der Waals surface area contributed by atoms with Crippen molar-refractivity contribution in [2.75, 3.05) is 13.7 Å². The molecule has 1 aliphatic rings. The van der Waals surface area contributed by atoms with Gasteiger partial charge in [-0.25, -0.2) is 0 Å². The molecule has 0 saturated carbocycles. The molecule has 0 bridgehead atoms. The third kappa shape index (κ3) is 4.34. The fourth-order valence-corrected chi connectivity index (χ4v) is 2.68. The van der Waals surface area contributed by atoms with Gasteiger partial charge < -0.3 is 9.47 Å². The third-order valence-corrected chi connectivity index (χ3v) is 4.50. The maximum absolute atomic E-state index is 12.3. The summed E-state index contributed by atoms with van der Waals surface area (Å²) in [7, 11) is 1.50. The molecule has 1 N–H and O–H groups in total. The number of ether oxygens (including phenoxy) is 2. The van der Waals surface area contributed by atoms with Crippen molar-refractivity contribution < 1.29 is 19.1 Å². The molecule has 1 saturated heterocycles. The Balaban J connectivity index is 2.45. The average molecular weight is 397 g/mol. The number of likely N-dealkylation sites (N-methyl/N-ethyl adjacent to an activating group) is 1. The monoisotopic (exact) mass is 396 g/mol. The second-order valence-corrected chi connectivity index (χ2v) is 6.58. The topological polar surface area (TPSA) is 67.9 Å². The number of nitrogens with one attached hydrogen (secondary N) is 1. The molecule has 1 atom stereocenters. The van der Waals surface area contributed by atoms with Gasteiger partial charge in [0.25, 0.3) is 11.8 Å².